The summed E-state index contributed by atoms with van der Waals surface area (Å²) in [5.41, 5.74) is 7.59. The molecule has 0 unspecified atom stereocenters. The number of nitrogens with two attached hydrogens (primary N) is 1. The summed E-state index contributed by atoms with van der Waals surface area (Å²) >= 11 is 0. The maximum atomic E-state index is 11.4. The molecule has 1 heterocycles. The van der Waals surface area contributed by atoms with Gasteiger partial charge in [0.05, 0.1) is 11.3 Å². The summed E-state index contributed by atoms with van der Waals surface area (Å²) in [6.45, 7) is 2.92. The van der Waals surface area contributed by atoms with E-state index in [0.29, 0.717) is 11.3 Å². The molecule has 1 aromatic rings. The van der Waals surface area contributed by atoms with Crippen molar-refractivity contribution in [3.63, 3.8) is 0 Å². The number of fused-ring (bicyclic) bond motifs is 1. The number of anilines is 2. The SMILES string of the molecule is CCCCNc1cccc2c1C(N)=NS(=O)(=O)N2. The zero-order valence-corrected chi connectivity index (χ0v) is 10.9. The van der Waals surface area contributed by atoms with E-state index < -0.39 is 10.2 Å². The molecule has 0 fully saturated rings. The highest BCUT2D eigenvalue weighted by molar-refractivity contribution is 7.91. The zero-order chi connectivity index (χ0) is 13.2. The molecule has 6 nitrogen and oxygen atoms in total. The average molecular weight is 268 g/mol. The van der Waals surface area contributed by atoms with E-state index in [1.165, 1.54) is 0 Å². The van der Waals surface area contributed by atoms with Gasteiger partial charge in [-0.3, -0.25) is 4.72 Å². The van der Waals surface area contributed by atoms with E-state index in [4.69, 9.17) is 5.73 Å². The standard InChI is InChI=1S/C11H16N4O2S/c1-2-3-7-13-8-5-4-6-9-10(8)11(12)15-18(16,17)14-9/h4-6,13-14H,2-3,7H2,1H3,(H2,12,15). The lowest BCUT2D eigenvalue weighted by molar-refractivity contribution is 0.602. The van der Waals surface area contributed by atoms with Crippen LogP contribution in [0.15, 0.2) is 22.6 Å². The van der Waals surface area contributed by atoms with Crippen LogP contribution in [0.3, 0.4) is 0 Å². The molecular weight excluding hydrogens is 252 g/mol. The van der Waals surface area contributed by atoms with Crippen LogP contribution in [0, 0.1) is 0 Å². The largest absolute Gasteiger partial charge is 0.384 e. The van der Waals surface area contributed by atoms with Crippen LogP contribution in [-0.4, -0.2) is 20.8 Å². The summed E-state index contributed by atoms with van der Waals surface area (Å²) < 4.78 is 28.6. The molecule has 1 aliphatic rings. The lowest BCUT2D eigenvalue weighted by atomic mass is 10.1. The van der Waals surface area contributed by atoms with Crippen molar-refractivity contribution in [1.29, 1.82) is 0 Å². The molecule has 0 aliphatic carbocycles. The molecule has 0 radical (unpaired) electrons. The number of hydrogen-bond acceptors (Lipinski definition) is 4. The average Bonchev–Trinajstić information content (AvgIpc) is 2.27. The third kappa shape index (κ3) is 2.56. The molecular formula is C11H16N4O2S. The molecule has 4 N–H and O–H groups in total. The number of hydrogen-bond donors (Lipinski definition) is 3. The summed E-state index contributed by atoms with van der Waals surface area (Å²) in [6.07, 6.45) is 2.12. The van der Waals surface area contributed by atoms with Crippen LogP contribution in [0.25, 0.3) is 0 Å². The Labute approximate surface area is 106 Å². The fourth-order valence-electron chi connectivity index (χ4n) is 1.80. The minimum absolute atomic E-state index is 0.0170. The van der Waals surface area contributed by atoms with Crippen molar-refractivity contribution in [3.05, 3.63) is 23.8 Å². The van der Waals surface area contributed by atoms with Gasteiger partial charge in [0.15, 0.2) is 0 Å². The molecule has 0 amide bonds. The van der Waals surface area contributed by atoms with E-state index in [0.717, 1.165) is 25.1 Å². The number of nitrogens with zero attached hydrogens (tertiary/aromatic N) is 1. The Kier molecular flexibility index (Phi) is 3.42. The van der Waals surface area contributed by atoms with Gasteiger partial charge in [0.25, 0.3) is 0 Å². The normalized spacial score (nSPS) is 16.4. The summed E-state index contributed by atoms with van der Waals surface area (Å²) in [6, 6.07) is 5.30. The molecule has 0 aromatic heterocycles. The summed E-state index contributed by atoms with van der Waals surface area (Å²) in [7, 11) is -3.70. The molecule has 2 rings (SSSR count). The van der Waals surface area contributed by atoms with Crippen molar-refractivity contribution in [3.8, 4) is 0 Å². The van der Waals surface area contributed by atoms with Gasteiger partial charge in [0, 0.05) is 12.2 Å². The Bertz CT molecular complexity index is 581. The second-order valence-corrected chi connectivity index (χ2v) is 5.40. The lowest BCUT2D eigenvalue weighted by Gasteiger charge is -2.19. The van der Waals surface area contributed by atoms with Crippen LogP contribution in [0.2, 0.25) is 0 Å². The molecule has 0 saturated heterocycles. The Hall–Kier alpha value is -1.76. The minimum atomic E-state index is -3.70. The highest BCUT2D eigenvalue weighted by Gasteiger charge is 2.23. The second-order valence-electron chi connectivity index (χ2n) is 4.06. The van der Waals surface area contributed by atoms with Crippen molar-refractivity contribution in [2.45, 2.75) is 19.8 Å². The second kappa shape index (κ2) is 4.85. The van der Waals surface area contributed by atoms with Gasteiger partial charge in [-0.15, -0.1) is 4.40 Å². The Morgan fingerprint density at radius 3 is 2.94 bits per heavy atom. The van der Waals surface area contributed by atoms with Crippen LogP contribution in [0.4, 0.5) is 11.4 Å². The smallest absolute Gasteiger partial charge is 0.344 e. The van der Waals surface area contributed by atoms with Gasteiger partial charge in [0.2, 0.25) is 0 Å². The van der Waals surface area contributed by atoms with Crippen molar-refractivity contribution < 1.29 is 8.42 Å². The van der Waals surface area contributed by atoms with Crippen LogP contribution in [0.5, 0.6) is 0 Å². The topological polar surface area (TPSA) is 96.6 Å². The first-order chi connectivity index (χ1) is 8.53. The van der Waals surface area contributed by atoms with E-state index in [1.54, 1.807) is 12.1 Å². The molecule has 1 aliphatic heterocycles. The Morgan fingerprint density at radius 2 is 2.22 bits per heavy atom. The molecule has 1 aromatic carbocycles. The van der Waals surface area contributed by atoms with Crippen molar-refractivity contribution in [2.75, 3.05) is 16.6 Å². The minimum Gasteiger partial charge on any atom is -0.384 e. The summed E-state index contributed by atoms with van der Waals surface area (Å²) in [5, 5.41) is 3.24. The predicted octanol–water partition coefficient (Wildman–Crippen LogP) is 1.27. The van der Waals surface area contributed by atoms with E-state index in [2.05, 4.69) is 21.4 Å². The number of amidine groups is 1. The zero-order valence-electron chi connectivity index (χ0n) is 10.1. The fraction of sp³-hybridized carbons (Fsp3) is 0.364. The van der Waals surface area contributed by atoms with E-state index in [-0.39, 0.29) is 5.84 Å². The third-order valence-electron chi connectivity index (χ3n) is 2.62. The van der Waals surface area contributed by atoms with Crippen LogP contribution in [-0.2, 0) is 10.2 Å². The van der Waals surface area contributed by atoms with Crippen LogP contribution >= 0.6 is 0 Å². The first-order valence-electron chi connectivity index (χ1n) is 5.79. The highest BCUT2D eigenvalue weighted by Crippen LogP contribution is 2.28. The van der Waals surface area contributed by atoms with Crippen LogP contribution < -0.4 is 15.8 Å². The van der Waals surface area contributed by atoms with Gasteiger partial charge < -0.3 is 11.1 Å². The maximum absolute atomic E-state index is 11.4. The molecule has 0 bridgehead atoms. The number of nitrogens with one attached hydrogen (secondary N) is 2. The van der Waals surface area contributed by atoms with Gasteiger partial charge in [-0.05, 0) is 18.6 Å². The van der Waals surface area contributed by atoms with Crippen molar-refractivity contribution in [1.82, 2.24) is 0 Å². The van der Waals surface area contributed by atoms with Gasteiger partial charge >= 0.3 is 10.2 Å². The van der Waals surface area contributed by atoms with Crippen molar-refractivity contribution >= 4 is 27.4 Å². The van der Waals surface area contributed by atoms with E-state index in [1.807, 2.05) is 6.07 Å². The molecule has 0 spiro atoms. The highest BCUT2D eigenvalue weighted by atomic mass is 32.2. The molecule has 7 heteroatoms. The van der Waals surface area contributed by atoms with Crippen LogP contribution in [0.1, 0.15) is 25.3 Å². The van der Waals surface area contributed by atoms with Crippen molar-refractivity contribution in [2.24, 2.45) is 10.1 Å². The Morgan fingerprint density at radius 1 is 1.44 bits per heavy atom. The first kappa shape index (κ1) is 12.7. The predicted molar refractivity (Wildman–Crippen MR) is 73.1 cm³/mol. The van der Waals surface area contributed by atoms with E-state index in [9.17, 15) is 8.42 Å². The maximum Gasteiger partial charge on any atom is 0.344 e. The molecule has 18 heavy (non-hydrogen) atoms. The number of rotatable bonds is 4. The number of unbranched alkanes of at least 4 members (excludes halogenated alkanes) is 1. The Balaban J connectivity index is 2.36. The fourth-order valence-corrected chi connectivity index (χ4v) is 2.64. The van der Waals surface area contributed by atoms with Gasteiger partial charge in [-0.25, -0.2) is 0 Å². The first-order valence-corrected chi connectivity index (χ1v) is 7.23. The monoisotopic (exact) mass is 268 g/mol. The van der Waals surface area contributed by atoms with E-state index >= 15 is 0 Å². The third-order valence-corrected chi connectivity index (χ3v) is 3.54. The van der Waals surface area contributed by atoms with Gasteiger partial charge in [-0.1, -0.05) is 19.4 Å². The summed E-state index contributed by atoms with van der Waals surface area (Å²) in [4.78, 5) is 0. The van der Waals surface area contributed by atoms with Gasteiger partial charge in [0.1, 0.15) is 5.84 Å². The van der Waals surface area contributed by atoms with Gasteiger partial charge in [-0.2, -0.15) is 8.42 Å². The molecule has 0 saturated carbocycles. The lowest BCUT2D eigenvalue weighted by Crippen LogP contribution is -2.27. The molecule has 98 valence electrons. The summed E-state index contributed by atoms with van der Waals surface area (Å²) in [5.74, 6) is 0.0170. The molecule has 0 atom stereocenters. The quantitative estimate of drug-likeness (QED) is 0.716. The number of benzene rings is 1.